The molecule has 0 saturated carbocycles. The molecule has 0 spiro atoms. The molecule has 2 aromatic rings. The molecular formula is C20H25N3O7. The molecule has 1 aromatic heterocycles. The van der Waals surface area contributed by atoms with Crippen LogP contribution >= 0.6 is 0 Å². The summed E-state index contributed by atoms with van der Waals surface area (Å²) in [5.74, 6) is 0.213. The summed E-state index contributed by atoms with van der Waals surface area (Å²) in [7, 11) is 0. The maximum Gasteiger partial charge on any atom is 0.328 e. The van der Waals surface area contributed by atoms with Gasteiger partial charge >= 0.3 is 5.69 Å². The predicted octanol–water partition coefficient (Wildman–Crippen LogP) is -0.837. The van der Waals surface area contributed by atoms with Crippen LogP contribution in [0, 0.1) is 6.92 Å². The highest BCUT2D eigenvalue weighted by atomic mass is 16.5. The third-order valence-electron chi connectivity index (χ3n) is 4.94. The van der Waals surface area contributed by atoms with Crippen LogP contribution in [0.3, 0.4) is 0 Å². The van der Waals surface area contributed by atoms with E-state index in [9.17, 15) is 24.6 Å². The number of hydrogen-bond donors (Lipinski definition) is 4. The van der Waals surface area contributed by atoms with E-state index >= 15 is 0 Å². The van der Waals surface area contributed by atoms with Crippen molar-refractivity contribution in [2.75, 3.05) is 13.2 Å². The zero-order valence-corrected chi connectivity index (χ0v) is 16.7. The first-order valence-electron chi connectivity index (χ1n) is 9.62. The summed E-state index contributed by atoms with van der Waals surface area (Å²) in [5, 5.41) is 23.5. The van der Waals surface area contributed by atoms with Gasteiger partial charge in [0.2, 0.25) is 0 Å². The van der Waals surface area contributed by atoms with Crippen molar-refractivity contribution in [1.82, 2.24) is 14.9 Å². The SMILES string of the molecule is CCOc1ccc(C(=O)N[C@@H]2CO[C@H](Cn3cc(C)c(=O)[nH]c3=O)[C@@H](O)[C@H]2O)cc1. The standard InChI is InChI=1S/C20H25N3O7/c1-3-29-13-6-4-12(5-7-13)19(27)21-14-10-30-15(17(25)16(14)24)9-23-8-11(2)18(26)22-20(23)28/h4-8,14-17,24-25H,3,9-10H2,1-2H3,(H,21,27)(H,22,26,28)/t14-,15-,16+,17-/m1/s1. The van der Waals surface area contributed by atoms with Crippen molar-refractivity contribution in [3.05, 3.63) is 62.4 Å². The molecule has 1 amide bonds. The third-order valence-corrected chi connectivity index (χ3v) is 4.94. The Balaban J connectivity index is 1.63. The minimum absolute atomic E-state index is 0.0528. The van der Waals surface area contributed by atoms with Gasteiger partial charge < -0.3 is 25.0 Å². The van der Waals surface area contributed by atoms with Crippen molar-refractivity contribution in [2.45, 2.75) is 44.7 Å². The number of aromatic amines is 1. The van der Waals surface area contributed by atoms with Crippen molar-refractivity contribution in [2.24, 2.45) is 0 Å². The lowest BCUT2D eigenvalue weighted by atomic mass is 9.97. The topological polar surface area (TPSA) is 143 Å². The Hall–Kier alpha value is -2.95. The average molecular weight is 419 g/mol. The minimum atomic E-state index is -1.34. The van der Waals surface area contributed by atoms with E-state index in [1.54, 1.807) is 31.2 Å². The summed E-state index contributed by atoms with van der Waals surface area (Å²) in [5.41, 5.74) is -0.418. The second kappa shape index (κ2) is 9.24. The monoisotopic (exact) mass is 419 g/mol. The number of carbonyl (C=O) groups is 1. The number of benzene rings is 1. The van der Waals surface area contributed by atoms with Crippen LogP contribution in [0.5, 0.6) is 5.75 Å². The Bertz CT molecular complexity index is 999. The Morgan fingerprint density at radius 3 is 2.63 bits per heavy atom. The van der Waals surface area contributed by atoms with Gasteiger partial charge in [0.25, 0.3) is 11.5 Å². The Labute approximate surface area is 172 Å². The number of nitrogens with one attached hydrogen (secondary N) is 2. The van der Waals surface area contributed by atoms with E-state index in [-0.39, 0.29) is 13.2 Å². The lowest BCUT2D eigenvalue weighted by Gasteiger charge is -2.38. The Morgan fingerprint density at radius 1 is 1.27 bits per heavy atom. The second-order valence-corrected chi connectivity index (χ2v) is 7.11. The van der Waals surface area contributed by atoms with E-state index in [0.29, 0.717) is 23.5 Å². The molecule has 162 valence electrons. The molecule has 10 heteroatoms. The molecule has 1 aliphatic heterocycles. The third kappa shape index (κ3) is 4.78. The number of hydrogen-bond acceptors (Lipinski definition) is 7. The van der Waals surface area contributed by atoms with Gasteiger partial charge in [0.15, 0.2) is 0 Å². The summed E-state index contributed by atoms with van der Waals surface area (Å²) < 4.78 is 12.1. The van der Waals surface area contributed by atoms with Gasteiger partial charge in [-0.3, -0.25) is 19.1 Å². The van der Waals surface area contributed by atoms with E-state index in [1.165, 1.54) is 10.8 Å². The van der Waals surface area contributed by atoms with Crippen molar-refractivity contribution in [3.8, 4) is 5.75 Å². The summed E-state index contributed by atoms with van der Waals surface area (Å²) in [6.07, 6.45) is -2.16. The van der Waals surface area contributed by atoms with E-state index in [0.717, 1.165) is 0 Å². The summed E-state index contributed by atoms with van der Waals surface area (Å²) in [4.78, 5) is 38.0. The number of aliphatic hydroxyl groups excluding tert-OH is 2. The van der Waals surface area contributed by atoms with Gasteiger partial charge in [-0.05, 0) is 38.1 Å². The van der Waals surface area contributed by atoms with Crippen molar-refractivity contribution in [1.29, 1.82) is 0 Å². The predicted molar refractivity (Wildman–Crippen MR) is 107 cm³/mol. The molecule has 0 radical (unpaired) electrons. The molecule has 10 nitrogen and oxygen atoms in total. The van der Waals surface area contributed by atoms with Gasteiger partial charge in [-0.2, -0.15) is 0 Å². The van der Waals surface area contributed by atoms with Gasteiger partial charge in [0.05, 0.1) is 25.8 Å². The van der Waals surface area contributed by atoms with Crippen molar-refractivity contribution >= 4 is 5.91 Å². The van der Waals surface area contributed by atoms with Gasteiger partial charge in [0, 0.05) is 17.3 Å². The van der Waals surface area contributed by atoms with Crippen LogP contribution in [0.1, 0.15) is 22.8 Å². The van der Waals surface area contributed by atoms with Gasteiger partial charge in [-0.15, -0.1) is 0 Å². The van der Waals surface area contributed by atoms with E-state index in [4.69, 9.17) is 9.47 Å². The average Bonchev–Trinajstić information content (AvgIpc) is 2.72. The molecule has 3 rings (SSSR count). The summed E-state index contributed by atoms with van der Waals surface area (Å²) in [6.45, 7) is 3.81. The summed E-state index contributed by atoms with van der Waals surface area (Å²) in [6, 6.07) is 5.70. The molecular weight excluding hydrogens is 394 g/mol. The van der Waals surface area contributed by atoms with E-state index in [2.05, 4.69) is 10.3 Å². The number of rotatable bonds is 6. The number of aryl methyl sites for hydroxylation is 1. The quantitative estimate of drug-likeness (QED) is 0.478. The first-order valence-corrected chi connectivity index (χ1v) is 9.62. The normalized spacial score (nSPS) is 23.7. The van der Waals surface area contributed by atoms with Crippen LogP contribution in [-0.2, 0) is 11.3 Å². The lowest BCUT2D eigenvalue weighted by Crippen LogP contribution is -2.60. The van der Waals surface area contributed by atoms with Gasteiger partial charge in [0.1, 0.15) is 24.1 Å². The number of ether oxygens (including phenoxy) is 2. The van der Waals surface area contributed by atoms with Crippen molar-refractivity contribution < 1.29 is 24.5 Å². The Kier molecular flexibility index (Phi) is 6.70. The maximum absolute atomic E-state index is 12.4. The highest BCUT2D eigenvalue weighted by molar-refractivity contribution is 5.94. The first kappa shape index (κ1) is 21.8. The zero-order chi connectivity index (χ0) is 21.8. The second-order valence-electron chi connectivity index (χ2n) is 7.11. The Morgan fingerprint density at radius 2 is 1.97 bits per heavy atom. The molecule has 1 fully saturated rings. The van der Waals surface area contributed by atoms with Crippen LogP contribution in [0.4, 0.5) is 0 Å². The van der Waals surface area contributed by atoms with Crippen LogP contribution in [0.15, 0.2) is 40.1 Å². The number of H-pyrrole nitrogens is 1. The van der Waals surface area contributed by atoms with Crippen LogP contribution in [0.25, 0.3) is 0 Å². The largest absolute Gasteiger partial charge is 0.494 e. The fourth-order valence-electron chi connectivity index (χ4n) is 3.24. The molecule has 2 heterocycles. The van der Waals surface area contributed by atoms with Gasteiger partial charge in [-0.25, -0.2) is 4.79 Å². The van der Waals surface area contributed by atoms with Crippen LogP contribution in [0.2, 0.25) is 0 Å². The number of aliphatic hydroxyl groups is 2. The first-order chi connectivity index (χ1) is 14.3. The number of carbonyl (C=O) groups excluding carboxylic acids is 1. The van der Waals surface area contributed by atoms with Crippen molar-refractivity contribution in [3.63, 3.8) is 0 Å². The highest BCUT2D eigenvalue weighted by Gasteiger charge is 2.39. The molecule has 1 aliphatic rings. The fraction of sp³-hybridized carbons (Fsp3) is 0.450. The fourth-order valence-corrected chi connectivity index (χ4v) is 3.24. The number of nitrogens with zero attached hydrogens (tertiary/aromatic N) is 1. The molecule has 1 aromatic carbocycles. The minimum Gasteiger partial charge on any atom is -0.494 e. The maximum atomic E-state index is 12.4. The van der Waals surface area contributed by atoms with Crippen LogP contribution in [-0.4, -0.2) is 63.2 Å². The zero-order valence-electron chi connectivity index (χ0n) is 16.7. The summed E-state index contributed by atoms with van der Waals surface area (Å²) >= 11 is 0. The smallest absolute Gasteiger partial charge is 0.328 e. The molecule has 30 heavy (non-hydrogen) atoms. The van der Waals surface area contributed by atoms with E-state index < -0.39 is 41.5 Å². The molecule has 0 aliphatic carbocycles. The highest BCUT2D eigenvalue weighted by Crippen LogP contribution is 2.18. The number of amides is 1. The molecule has 0 bridgehead atoms. The van der Waals surface area contributed by atoms with E-state index in [1.807, 2.05) is 6.92 Å². The molecule has 4 atom stereocenters. The lowest BCUT2D eigenvalue weighted by molar-refractivity contribution is -0.152. The van der Waals surface area contributed by atoms with Gasteiger partial charge in [-0.1, -0.05) is 0 Å². The number of aromatic nitrogens is 2. The van der Waals surface area contributed by atoms with Crippen LogP contribution < -0.4 is 21.3 Å². The molecule has 4 N–H and O–H groups in total. The molecule has 0 unspecified atom stereocenters. The molecule has 1 saturated heterocycles.